The second-order valence-corrected chi connectivity index (χ2v) is 9.84. The number of hydrogen-bond acceptors (Lipinski definition) is 0. The standard InChI is InChI=1S/C23H40/c1-7-14-22(5)17(8-2)9-10-18-20-12-11-19(16(3)4)23(20,6)15-13-21(18)22/h17-21H,3,7-15H2,1-2,4-6H3. The summed E-state index contributed by atoms with van der Waals surface area (Å²) in [6.45, 7) is 16.8. The number of rotatable bonds is 4. The molecule has 3 aliphatic rings. The zero-order valence-corrected chi connectivity index (χ0v) is 16.5. The van der Waals surface area contributed by atoms with Gasteiger partial charge in [-0.05, 0) is 92.3 Å². The molecular formula is C23H40. The average Bonchev–Trinajstić information content (AvgIpc) is 2.85. The summed E-state index contributed by atoms with van der Waals surface area (Å²) >= 11 is 0. The molecule has 0 heterocycles. The van der Waals surface area contributed by atoms with Gasteiger partial charge in [-0.25, -0.2) is 0 Å². The van der Waals surface area contributed by atoms with Crippen molar-refractivity contribution in [3.05, 3.63) is 12.2 Å². The van der Waals surface area contributed by atoms with E-state index in [1.54, 1.807) is 0 Å². The van der Waals surface area contributed by atoms with E-state index < -0.39 is 0 Å². The lowest BCUT2D eigenvalue weighted by Crippen LogP contribution is -2.51. The van der Waals surface area contributed by atoms with Gasteiger partial charge >= 0.3 is 0 Å². The van der Waals surface area contributed by atoms with Crippen LogP contribution in [0.2, 0.25) is 0 Å². The van der Waals surface area contributed by atoms with E-state index in [1.165, 1.54) is 63.4 Å². The zero-order chi connectivity index (χ0) is 16.8. The Morgan fingerprint density at radius 3 is 2.35 bits per heavy atom. The predicted molar refractivity (Wildman–Crippen MR) is 101 cm³/mol. The number of allylic oxidation sites excluding steroid dienone is 1. The summed E-state index contributed by atoms with van der Waals surface area (Å²) in [5, 5.41) is 0. The smallest absolute Gasteiger partial charge is 0.0152 e. The molecule has 0 aromatic rings. The second kappa shape index (κ2) is 6.23. The SMILES string of the molecule is C=C(C)C1CCC2C3CCC(CC)C(C)(CCC)C3CCC12C. The van der Waals surface area contributed by atoms with Gasteiger partial charge < -0.3 is 0 Å². The van der Waals surface area contributed by atoms with Crippen molar-refractivity contribution in [1.82, 2.24) is 0 Å². The van der Waals surface area contributed by atoms with Crippen molar-refractivity contribution in [3.8, 4) is 0 Å². The molecule has 3 saturated carbocycles. The zero-order valence-electron chi connectivity index (χ0n) is 16.5. The molecule has 132 valence electrons. The quantitative estimate of drug-likeness (QED) is 0.479. The topological polar surface area (TPSA) is 0 Å². The number of fused-ring (bicyclic) bond motifs is 3. The van der Waals surface area contributed by atoms with Gasteiger partial charge in [-0.3, -0.25) is 0 Å². The Kier molecular flexibility index (Phi) is 4.76. The molecule has 3 rings (SSSR count). The van der Waals surface area contributed by atoms with E-state index in [1.807, 2.05) is 0 Å². The lowest BCUT2D eigenvalue weighted by Gasteiger charge is -2.59. The molecule has 0 bridgehead atoms. The highest BCUT2D eigenvalue weighted by Crippen LogP contribution is 2.67. The highest BCUT2D eigenvalue weighted by molar-refractivity contribution is 5.14. The molecule has 3 aliphatic carbocycles. The van der Waals surface area contributed by atoms with Crippen molar-refractivity contribution in [1.29, 1.82) is 0 Å². The second-order valence-electron chi connectivity index (χ2n) is 9.84. The fourth-order valence-corrected chi connectivity index (χ4v) is 7.94. The minimum Gasteiger partial charge on any atom is -0.0998 e. The Balaban J connectivity index is 1.89. The maximum absolute atomic E-state index is 4.36. The van der Waals surface area contributed by atoms with Gasteiger partial charge in [0.1, 0.15) is 0 Å². The van der Waals surface area contributed by atoms with Crippen molar-refractivity contribution in [2.45, 2.75) is 92.4 Å². The molecule has 3 fully saturated rings. The molecule has 0 spiro atoms. The van der Waals surface area contributed by atoms with Crippen molar-refractivity contribution < 1.29 is 0 Å². The summed E-state index contributed by atoms with van der Waals surface area (Å²) in [6.07, 6.45) is 13.1. The van der Waals surface area contributed by atoms with E-state index in [9.17, 15) is 0 Å². The predicted octanol–water partition coefficient (Wildman–Crippen LogP) is 7.25. The van der Waals surface area contributed by atoms with Crippen LogP contribution in [0.1, 0.15) is 92.4 Å². The third kappa shape index (κ3) is 2.54. The van der Waals surface area contributed by atoms with E-state index in [4.69, 9.17) is 0 Å². The molecule has 0 aromatic heterocycles. The monoisotopic (exact) mass is 316 g/mol. The van der Waals surface area contributed by atoms with Crippen molar-refractivity contribution in [2.75, 3.05) is 0 Å². The summed E-state index contributed by atoms with van der Waals surface area (Å²) in [7, 11) is 0. The Bertz CT molecular complexity index is 449. The summed E-state index contributed by atoms with van der Waals surface area (Å²) in [4.78, 5) is 0. The molecule has 0 nitrogen and oxygen atoms in total. The molecule has 7 unspecified atom stereocenters. The van der Waals surface area contributed by atoms with Crippen molar-refractivity contribution >= 4 is 0 Å². The summed E-state index contributed by atoms with van der Waals surface area (Å²) in [5.74, 6) is 4.78. The van der Waals surface area contributed by atoms with Crippen LogP contribution in [0, 0.1) is 40.4 Å². The van der Waals surface area contributed by atoms with Crippen LogP contribution in [0.4, 0.5) is 0 Å². The first-order valence-electron chi connectivity index (χ1n) is 10.5. The fraction of sp³-hybridized carbons (Fsp3) is 0.913. The molecule has 0 amide bonds. The van der Waals surface area contributed by atoms with Gasteiger partial charge in [0.05, 0.1) is 0 Å². The van der Waals surface area contributed by atoms with Gasteiger partial charge in [0.25, 0.3) is 0 Å². The molecule has 0 saturated heterocycles. The average molecular weight is 317 g/mol. The van der Waals surface area contributed by atoms with Gasteiger partial charge in [0.2, 0.25) is 0 Å². The molecule has 0 aromatic carbocycles. The minimum absolute atomic E-state index is 0.569. The van der Waals surface area contributed by atoms with Gasteiger partial charge in [-0.2, -0.15) is 0 Å². The highest BCUT2D eigenvalue weighted by atomic mass is 14.6. The molecule has 0 heteroatoms. The van der Waals surface area contributed by atoms with Crippen LogP contribution in [0.25, 0.3) is 0 Å². The molecule has 0 N–H and O–H groups in total. The van der Waals surface area contributed by atoms with Crippen LogP contribution in [-0.4, -0.2) is 0 Å². The van der Waals surface area contributed by atoms with Crippen LogP contribution >= 0.6 is 0 Å². The first kappa shape index (κ1) is 17.6. The first-order chi connectivity index (χ1) is 10.9. The van der Waals surface area contributed by atoms with E-state index in [-0.39, 0.29) is 0 Å². The third-order valence-corrected chi connectivity index (χ3v) is 8.94. The molecule has 23 heavy (non-hydrogen) atoms. The maximum Gasteiger partial charge on any atom is -0.0152 e. The minimum atomic E-state index is 0.569. The lowest BCUT2D eigenvalue weighted by atomic mass is 9.46. The van der Waals surface area contributed by atoms with E-state index >= 15 is 0 Å². The van der Waals surface area contributed by atoms with Crippen LogP contribution < -0.4 is 0 Å². The van der Waals surface area contributed by atoms with Gasteiger partial charge in [0, 0.05) is 0 Å². The van der Waals surface area contributed by atoms with Crippen LogP contribution in [-0.2, 0) is 0 Å². The highest BCUT2D eigenvalue weighted by Gasteiger charge is 2.58. The lowest BCUT2D eigenvalue weighted by molar-refractivity contribution is -0.0975. The van der Waals surface area contributed by atoms with Gasteiger partial charge in [-0.1, -0.05) is 52.7 Å². The van der Waals surface area contributed by atoms with Crippen LogP contribution in [0.15, 0.2) is 12.2 Å². The Morgan fingerprint density at radius 2 is 1.74 bits per heavy atom. The number of hydrogen-bond donors (Lipinski definition) is 0. The molecular weight excluding hydrogens is 276 g/mol. The van der Waals surface area contributed by atoms with Crippen molar-refractivity contribution in [2.24, 2.45) is 40.4 Å². The first-order valence-corrected chi connectivity index (χ1v) is 10.5. The summed E-state index contributed by atoms with van der Waals surface area (Å²) < 4.78 is 0. The van der Waals surface area contributed by atoms with E-state index in [2.05, 4.69) is 41.2 Å². The third-order valence-electron chi connectivity index (χ3n) is 8.94. The Hall–Kier alpha value is -0.260. The van der Waals surface area contributed by atoms with Crippen LogP contribution in [0.3, 0.4) is 0 Å². The molecule has 7 atom stereocenters. The Morgan fingerprint density at radius 1 is 1.00 bits per heavy atom. The normalized spacial score (nSPS) is 49.5. The summed E-state index contributed by atoms with van der Waals surface area (Å²) in [5.41, 5.74) is 2.65. The van der Waals surface area contributed by atoms with E-state index in [0.29, 0.717) is 10.8 Å². The summed E-state index contributed by atoms with van der Waals surface area (Å²) in [6, 6.07) is 0. The largest absolute Gasteiger partial charge is 0.0998 e. The van der Waals surface area contributed by atoms with Gasteiger partial charge in [-0.15, -0.1) is 0 Å². The maximum atomic E-state index is 4.36. The van der Waals surface area contributed by atoms with Crippen molar-refractivity contribution in [3.63, 3.8) is 0 Å². The molecule has 0 aliphatic heterocycles. The van der Waals surface area contributed by atoms with Gasteiger partial charge in [0.15, 0.2) is 0 Å². The fourth-order valence-electron chi connectivity index (χ4n) is 7.94. The van der Waals surface area contributed by atoms with Crippen LogP contribution in [0.5, 0.6) is 0 Å². The van der Waals surface area contributed by atoms with E-state index in [0.717, 1.165) is 29.6 Å². The Labute approximate surface area is 145 Å². The molecule has 0 radical (unpaired) electrons.